The Morgan fingerprint density at radius 1 is 0.944 bits per heavy atom. The zero-order chi connectivity index (χ0) is 13.2. The fourth-order valence-electron chi connectivity index (χ4n) is 1.81. The summed E-state index contributed by atoms with van der Waals surface area (Å²) in [6.07, 6.45) is 1.82. The van der Waals surface area contributed by atoms with Gasteiger partial charge in [0, 0.05) is 11.8 Å². The lowest BCUT2D eigenvalue weighted by molar-refractivity contribution is 0.590. The molecule has 1 aromatic heterocycles. The first kappa shape index (κ1) is 12.6. The van der Waals surface area contributed by atoms with Crippen molar-refractivity contribution in [1.82, 2.24) is 4.98 Å². The molecule has 94 valence electrons. The Labute approximate surface area is 108 Å². The third-order valence-corrected chi connectivity index (χ3v) is 3.00. The van der Waals surface area contributed by atoms with Crippen molar-refractivity contribution in [3.8, 4) is 11.1 Å². The van der Waals surface area contributed by atoms with E-state index in [4.69, 9.17) is 5.84 Å². The summed E-state index contributed by atoms with van der Waals surface area (Å²) in [5.74, 6) is 5.97. The largest absolute Gasteiger partial charge is 0.308 e. The van der Waals surface area contributed by atoms with Crippen molar-refractivity contribution >= 4 is 5.82 Å². The minimum Gasteiger partial charge on any atom is -0.308 e. The molecule has 0 atom stereocenters. The Kier molecular flexibility index (Phi) is 3.34. The van der Waals surface area contributed by atoms with E-state index in [2.05, 4.69) is 55.4 Å². The maximum Gasteiger partial charge on any atom is 0.139 e. The van der Waals surface area contributed by atoms with Crippen molar-refractivity contribution < 1.29 is 0 Å². The Bertz CT molecular complexity index is 507. The van der Waals surface area contributed by atoms with Crippen LogP contribution in [0.1, 0.15) is 26.3 Å². The molecule has 0 bridgehead atoms. The lowest BCUT2D eigenvalue weighted by Crippen LogP contribution is -2.10. The first-order valence-corrected chi connectivity index (χ1v) is 6.04. The predicted molar refractivity (Wildman–Crippen MR) is 76.2 cm³/mol. The van der Waals surface area contributed by atoms with Gasteiger partial charge in [-0.05, 0) is 28.7 Å². The van der Waals surface area contributed by atoms with Crippen LogP contribution >= 0.6 is 0 Å². The number of nitrogens with two attached hydrogens (primary N) is 1. The fourth-order valence-corrected chi connectivity index (χ4v) is 1.81. The molecule has 2 rings (SSSR count). The molecular weight excluding hydrogens is 222 g/mol. The molecule has 0 fully saturated rings. The Hall–Kier alpha value is -1.87. The normalized spacial score (nSPS) is 11.3. The monoisotopic (exact) mass is 241 g/mol. The second-order valence-electron chi connectivity index (χ2n) is 5.40. The number of rotatable bonds is 2. The van der Waals surface area contributed by atoms with Crippen LogP contribution in [0.5, 0.6) is 0 Å². The van der Waals surface area contributed by atoms with Gasteiger partial charge in [0.25, 0.3) is 0 Å². The molecule has 3 heteroatoms. The summed E-state index contributed by atoms with van der Waals surface area (Å²) in [5.41, 5.74) is 6.30. The summed E-state index contributed by atoms with van der Waals surface area (Å²) in [7, 11) is 0. The zero-order valence-electron chi connectivity index (χ0n) is 11.1. The van der Waals surface area contributed by atoms with Gasteiger partial charge in [0.1, 0.15) is 5.82 Å². The molecule has 3 N–H and O–H groups in total. The molecule has 18 heavy (non-hydrogen) atoms. The number of hydrogen-bond donors (Lipinski definition) is 2. The second-order valence-corrected chi connectivity index (χ2v) is 5.40. The summed E-state index contributed by atoms with van der Waals surface area (Å²) in [5, 5.41) is 0. The number of benzene rings is 1. The maximum atomic E-state index is 5.29. The average Bonchev–Trinajstić information content (AvgIpc) is 2.38. The molecule has 0 aliphatic carbocycles. The van der Waals surface area contributed by atoms with Crippen LogP contribution in [0.25, 0.3) is 11.1 Å². The molecule has 0 amide bonds. The molecule has 0 radical (unpaired) electrons. The molecule has 1 heterocycles. The summed E-state index contributed by atoms with van der Waals surface area (Å²) in [6.45, 7) is 6.64. The lowest BCUT2D eigenvalue weighted by atomic mass is 9.86. The van der Waals surface area contributed by atoms with Crippen LogP contribution in [0.4, 0.5) is 5.82 Å². The van der Waals surface area contributed by atoms with Gasteiger partial charge >= 0.3 is 0 Å². The van der Waals surface area contributed by atoms with Crippen LogP contribution in [0.3, 0.4) is 0 Å². The van der Waals surface area contributed by atoms with Gasteiger partial charge in [-0.2, -0.15) is 0 Å². The van der Waals surface area contributed by atoms with E-state index in [1.165, 1.54) is 11.1 Å². The van der Waals surface area contributed by atoms with Gasteiger partial charge in [-0.15, -0.1) is 0 Å². The van der Waals surface area contributed by atoms with Crippen LogP contribution in [0.15, 0.2) is 42.6 Å². The van der Waals surface area contributed by atoms with Crippen molar-refractivity contribution in [2.24, 2.45) is 5.84 Å². The number of pyridine rings is 1. The molecule has 3 nitrogen and oxygen atoms in total. The van der Waals surface area contributed by atoms with Crippen LogP contribution < -0.4 is 11.3 Å². The van der Waals surface area contributed by atoms with Gasteiger partial charge in [0.05, 0.1) is 0 Å². The summed E-state index contributed by atoms with van der Waals surface area (Å²) >= 11 is 0. The van der Waals surface area contributed by atoms with E-state index in [1.54, 1.807) is 0 Å². The first-order chi connectivity index (χ1) is 8.50. The molecule has 2 aromatic rings. The van der Waals surface area contributed by atoms with Gasteiger partial charge in [0.15, 0.2) is 0 Å². The van der Waals surface area contributed by atoms with Crippen LogP contribution in [0.2, 0.25) is 0 Å². The van der Waals surface area contributed by atoms with Crippen LogP contribution in [0, 0.1) is 0 Å². The number of hydrogen-bond acceptors (Lipinski definition) is 3. The predicted octanol–water partition coefficient (Wildman–Crippen LogP) is 3.33. The van der Waals surface area contributed by atoms with Gasteiger partial charge < -0.3 is 5.43 Å². The summed E-state index contributed by atoms with van der Waals surface area (Å²) < 4.78 is 0. The molecule has 0 aliphatic heterocycles. The second kappa shape index (κ2) is 4.78. The molecule has 0 saturated heterocycles. The SMILES string of the molecule is CC(C)(C)c1ccc(-c2ccc(NN)nc2)cc1. The molecule has 0 spiro atoms. The van der Waals surface area contributed by atoms with Gasteiger partial charge in [-0.1, -0.05) is 45.0 Å². The Balaban J connectivity index is 2.28. The van der Waals surface area contributed by atoms with E-state index in [1.807, 2.05) is 18.3 Å². The van der Waals surface area contributed by atoms with E-state index < -0.39 is 0 Å². The first-order valence-electron chi connectivity index (χ1n) is 6.04. The minimum absolute atomic E-state index is 0.185. The number of nitrogens with one attached hydrogen (secondary N) is 1. The van der Waals surface area contributed by atoms with Crippen LogP contribution in [-0.4, -0.2) is 4.98 Å². The smallest absolute Gasteiger partial charge is 0.139 e. The summed E-state index contributed by atoms with van der Waals surface area (Å²) in [4.78, 5) is 4.21. The number of aromatic nitrogens is 1. The number of hydrazine groups is 1. The van der Waals surface area contributed by atoms with Gasteiger partial charge in [-0.3, -0.25) is 0 Å². The van der Waals surface area contributed by atoms with Gasteiger partial charge in [0.2, 0.25) is 0 Å². The standard InChI is InChI=1S/C15H19N3/c1-15(2,3)13-7-4-11(5-8-13)12-6-9-14(18-16)17-10-12/h4-10H,16H2,1-3H3,(H,17,18). The third kappa shape index (κ3) is 2.68. The van der Waals surface area contributed by atoms with Crippen molar-refractivity contribution in [3.05, 3.63) is 48.2 Å². The van der Waals surface area contributed by atoms with E-state index in [9.17, 15) is 0 Å². The van der Waals surface area contributed by atoms with E-state index in [-0.39, 0.29) is 5.41 Å². The maximum absolute atomic E-state index is 5.29. The van der Waals surface area contributed by atoms with Gasteiger partial charge in [-0.25, -0.2) is 10.8 Å². The number of nitrogens with zero attached hydrogens (tertiary/aromatic N) is 1. The van der Waals surface area contributed by atoms with Crippen molar-refractivity contribution in [3.63, 3.8) is 0 Å². The highest BCUT2D eigenvalue weighted by atomic mass is 15.2. The zero-order valence-corrected chi connectivity index (χ0v) is 11.1. The van der Waals surface area contributed by atoms with E-state index in [0.717, 1.165) is 5.56 Å². The summed E-state index contributed by atoms with van der Waals surface area (Å²) in [6, 6.07) is 12.5. The molecule has 0 aliphatic rings. The molecule has 1 aromatic carbocycles. The fraction of sp³-hybridized carbons (Fsp3) is 0.267. The highest BCUT2D eigenvalue weighted by Crippen LogP contribution is 2.26. The van der Waals surface area contributed by atoms with E-state index in [0.29, 0.717) is 5.82 Å². The Morgan fingerprint density at radius 2 is 1.56 bits per heavy atom. The minimum atomic E-state index is 0.185. The van der Waals surface area contributed by atoms with Crippen LogP contribution in [-0.2, 0) is 5.41 Å². The highest BCUT2D eigenvalue weighted by Gasteiger charge is 2.12. The van der Waals surface area contributed by atoms with Crippen molar-refractivity contribution in [2.75, 3.05) is 5.43 Å². The van der Waals surface area contributed by atoms with Crippen molar-refractivity contribution in [1.29, 1.82) is 0 Å². The van der Waals surface area contributed by atoms with Crippen molar-refractivity contribution in [2.45, 2.75) is 26.2 Å². The number of nitrogen functional groups attached to an aromatic ring is 1. The Morgan fingerprint density at radius 3 is 2.00 bits per heavy atom. The lowest BCUT2D eigenvalue weighted by Gasteiger charge is -2.19. The molecule has 0 saturated carbocycles. The molecular formula is C15H19N3. The molecule has 0 unspecified atom stereocenters. The number of anilines is 1. The third-order valence-electron chi connectivity index (χ3n) is 3.00. The van der Waals surface area contributed by atoms with E-state index >= 15 is 0 Å². The quantitative estimate of drug-likeness (QED) is 0.626. The average molecular weight is 241 g/mol. The topological polar surface area (TPSA) is 50.9 Å². The highest BCUT2D eigenvalue weighted by molar-refractivity contribution is 5.64.